The highest BCUT2D eigenvalue weighted by molar-refractivity contribution is 5.99. The Hall–Kier alpha value is -1.35. The van der Waals surface area contributed by atoms with E-state index in [9.17, 15) is 4.79 Å². The highest BCUT2D eigenvalue weighted by Gasteiger charge is 2.23. The predicted octanol–water partition coefficient (Wildman–Crippen LogP) is 3.88. The minimum absolute atomic E-state index is 0.0943. The van der Waals surface area contributed by atoms with Crippen LogP contribution in [-0.4, -0.2) is 36.9 Å². The zero-order valence-electron chi connectivity index (χ0n) is 14.2. The molecule has 0 spiro atoms. The predicted molar refractivity (Wildman–Crippen MR) is 88.0 cm³/mol. The third-order valence-corrected chi connectivity index (χ3v) is 3.50. The molecule has 1 unspecified atom stereocenters. The van der Waals surface area contributed by atoms with Gasteiger partial charge in [0.2, 0.25) is 0 Å². The number of carbonyl (C=O) groups excluding carboxylic acids is 1. The molecular weight excluding hydrogens is 262 g/mol. The Labute approximate surface area is 129 Å². The van der Waals surface area contributed by atoms with Crippen molar-refractivity contribution in [2.45, 2.75) is 40.7 Å². The lowest BCUT2D eigenvalue weighted by Crippen LogP contribution is -2.43. The summed E-state index contributed by atoms with van der Waals surface area (Å²) in [6, 6.07) is 7.29. The number of hydrogen-bond acceptors (Lipinski definition) is 3. The van der Waals surface area contributed by atoms with E-state index in [-0.39, 0.29) is 11.8 Å². The fraction of sp³-hybridized carbons (Fsp3) is 0.611. The number of ether oxygens (including phenoxy) is 1. The van der Waals surface area contributed by atoms with E-state index in [1.54, 1.807) is 7.11 Å². The van der Waals surface area contributed by atoms with Crippen molar-refractivity contribution in [2.75, 3.05) is 20.2 Å². The topological polar surface area (TPSA) is 29.5 Å². The molecule has 1 rings (SSSR count). The van der Waals surface area contributed by atoms with E-state index in [1.165, 1.54) is 0 Å². The number of ketones is 1. The minimum atomic E-state index is -0.0943. The van der Waals surface area contributed by atoms with Gasteiger partial charge in [-0.25, -0.2) is 0 Å². The highest BCUT2D eigenvalue weighted by Crippen LogP contribution is 2.16. The summed E-state index contributed by atoms with van der Waals surface area (Å²) in [6.45, 7) is 12.7. The van der Waals surface area contributed by atoms with Gasteiger partial charge in [0.15, 0.2) is 5.78 Å². The number of methoxy groups -OCH3 is 1. The second-order valence-corrected chi connectivity index (χ2v) is 6.51. The van der Waals surface area contributed by atoms with Gasteiger partial charge in [-0.2, -0.15) is 0 Å². The van der Waals surface area contributed by atoms with Crippen LogP contribution in [0, 0.1) is 11.8 Å². The molecule has 1 aromatic rings. The molecule has 0 aromatic heterocycles. The smallest absolute Gasteiger partial charge is 0.179 e. The lowest BCUT2D eigenvalue weighted by atomic mass is 10.0. The van der Waals surface area contributed by atoms with Gasteiger partial charge in [-0.15, -0.1) is 0 Å². The van der Waals surface area contributed by atoms with Crippen molar-refractivity contribution in [1.82, 2.24) is 4.90 Å². The second-order valence-electron chi connectivity index (χ2n) is 6.51. The zero-order chi connectivity index (χ0) is 16.0. The normalized spacial score (nSPS) is 13.0. The molecule has 0 N–H and O–H groups in total. The number of nitrogens with zero attached hydrogens (tertiary/aromatic N) is 1. The summed E-state index contributed by atoms with van der Waals surface area (Å²) in [6.07, 6.45) is 0. The number of hydrogen-bond donors (Lipinski definition) is 0. The largest absolute Gasteiger partial charge is 0.497 e. The Balaban J connectivity index is 2.84. The molecule has 118 valence electrons. The molecule has 21 heavy (non-hydrogen) atoms. The van der Waals surface area contributed by atoms with Gasteiger partial charge in [0.25, 0.3) is 0 Å². The molecule has 0 heterocycles. The van der Waals surface area contributed by atoms with Crippen LogP contribution < -0.4 is 4.74 Å². The summed E-state index contributed by atoms with van der Waals surface area (Å²) < 4.78 is 5.14. The Bertz CT molecular complexity index is 427. The van der Waals surface area contributed by atoms with Crippen LogP contribution in [0.25, 0.3) is 0 Å². The van der Waals surface area contributed by atoms with Crippen LogP contribution in [0.5, 0.6) is 5.75 Å². The molecule has 1 aromatic carbocycles. The summed E-state index contributed by atoms with van der Waals surface area (Å²) in [5, 5.41) is 0. The fourth-order valence-corrected chi connectivity index (χ4v) is 2.49. The molecule has 1 atom stereocenters. The lowest BCUT2D eigenvalue weighted by Gasteiger charge is -2.31. The molecule has 0 aliphatic carbocycles. The van der Waals surface area contributed by atoms with E-state index in [0.717, 1.165) is 24.4 Å². The van der Waals surface area contributed by atoms with Crippen LogP contribution in [0.4, 0.5) is 0 Å². The van der Waals surface area contributed by atoms with E-state index >= 15 is 0 Å². The van der Waals surface area contributed by atoms with Gasteiger partial charge in [0.1, 0.15) is 5.75 Å². The first-order valence-corrected chi connectivity index (χ1v) is 7.77. The summed E-state index contributed by atoms with van der Waals surface area (Å²) in [5.41, 5.74) is 0.751. The molecule has 0 aliphatic rings. The fourth-order valence-electron chi connectivity index (χ4n) is 2.49. The number of benzene rings is 1. The van der Waals surface area contributed by atoms with Crippen molar-refractivity contribution < 1.29 is 9.53 Å². The summed E-state index contributed by atoms with van der Waals surface area (Å²) >= 11 is 0. The van der Waals surface area contributed by atoms with Crippen LogP contribution >= 0.6 is 0 Å². The quantitative estimate of drug-likeness (QED) is 0.681. The van der Waals surface area contributed by atoms with Crippen molar-refractivity contribution in [1.29, 1.82) is 0 Å². The van der Waals surface area contributed by atoms with E-state index < -0.39 is 0 Å². The van der Waals surface area contributed by atoms with Gasteiger partial charge in [-0.1, -0.05) is 27.7 Å². The molecule has 0 radical (unpaired) electrons. The Morgan fingerprint density at radius 3 is 1.86 bits per heavy atom. The van der Waals surface area contributed by atoms with Crippen LogP contribution in [-0.2, 0) is 0 Å². The molecule has 0 saturated carbocycles. The van der Waals surface area contributed by atoms with Crippen molar-refractivity contribution in [3.05, 3.63) is 29.8 Å². The Morgan fingerprint density at radius 2 is 1.48 bits per heavy atom. The first kappa shape index (κ1) is 17.7. The standard InChI is InChI=1S/C18H29NO2/c1-13(2)11-19(12-14(3)4)15(5)18(20)16-7-9-17(21-6)10-8-16/h7-10,13-15H,11-12H2,1-6H3. The first-order chi connectivity index (χ1) is 9.85. The van der Waals surface area contributed by atoms with Gasteiger partial charge < -0.3 is 4.74 Å². The third kappa shape index (κ3) is 5.50. The van der Waals surface area contributed by atoms with Crippen LogP contribution in [0.1, 0.15) is 45.0 Å². The average molecular weight is 291 g/mol. The molecule has 3 nitrogen and oxygen atoms in total. The molecule has 3 heteroatoms. The molecule has 0 saturated heterocycles. The Kier molecular flexibility index (Phi) is 6.90. The maximum atomic E-state index is 12.7. The summed E-state index contributed by atoms with van der Waals surface area (Å²) in [7, 11) is 1.63. The molecular formula is C18H29NO2. The zero-order valence-corrected chi connectivity index (χ0v) is 14.2. The number of rotatable bonds is 8. The maximum Gasteiger partial charge on any atom is 0.179 e. The van der Waals surface area contributed by atoms with Crippen LogP contribution in [0.15, 0.2) is 24.3 Å². The van der Waals surface area contributed by atoms with Gasteiger partial charge in [-0.05, 0) is 43.0 Å². The molecule has 0 amide bonds. The first-order valence-electron chi connectivity index (χ1n) is 7.77. The highest BCUT2D eigenvalue weighted by atomic mass is 16.5. The molecule has 0 fully saturated rings. The number of carbonyl (C=O) groups is 1. The van der Waals surface area contributed by atoms with Gasteiger partial charge in [0, 0.05) is 18.7 Å². The second kappa shape index (κ2) is 8.18. The summed E-state index contributed by atoms with van der Waals surface area (Å²) in [4.78, 5) is 15.0. The van der Waals surface area contributed by atoms with Gasteiger partial charge in [-0.3, -0.25) is 9.69 Å². The molecule has 0 bridgehead atoms. The van der Waals surface area contributed by atoms with E-state index in [0.29, 0.717) is 11.8 Å². The SMILES string of the molecule is COc1ccc(C(=O)C(C)N(CC(C)C)CC(C)C)cc1. The minimum Gasteiger partial charge on any atom is -0.497 e. The van der Waals surface area contributed by atoms with Gasteiger partial charge >= 0.3 is 0 Å². The van der Waals surface area contributed by atoms with Crippen molar-refractivity contribution in [2.24, 2.45) is 11.8 Å². The Morgan fingerprint density at radius 1 is 1.00 bits per heavy atom. The van der Waals surface area contributed by atoms with E-state index in [4.69, 9.17) is 4.74 Å². The number of Topliss-reactive ketones (excluding diaryl/α,β-unsaturated/α-hetero) is 1. The van der Waals surface area contributed by atoms with E-state index in [1.807, 2.05) is 31.2 Å². The van der Waals surface area contributed by atoms with Gasteiger partial charge in [0.05, 0.1) is 13.2 Å². The van der Waals surface area contributed by atoms with Crippen LogP contribution in [0.2, 0.25) is 0 Å². The maximum absolute atomic E-state index is 12.7. The lowest BCUT2D eigenvalue weighted by molar-refractivity contribution is 0.0801. The van der Waals surface area contributed by atoms with Crippen molar-refractivity contribution in [3.8, 4) is 5.75 Å². The van der Waals surface area contributed by atoms with Crippen LogP contribution in [0.3, 0.4) is 0 Å². The summed E-state index contributed by atoms with van der Waals surface area (Å²) in [5.74, 6) is 2.06. The van der Waals surface area contributed by atoms with Crippen molar-refractivity contribution in [3.63, 3.8) is 0 Å². The van der Waals surface area contributed by atoms with E-state index in [2.05, 4.69) is 32.6 Å². The monoisotopic (exact) mass is 291 g/mol. The average Bonchev–Trinajstić information content (AvgIpc) is 2.44. The van der Waals surface area contributed by atoms with Crippen molar-refractivity contribution >= 4 is 5.78 Å². The third-order valence-electron chi connectivity index (χ3n) is 3.50. The molecule has 0 aliphatic heterocycles.